The average molecular weight is 362 g/mol. The van der Waals surface area contributed by atoms with Crippen molar-refractivity contribution < 1.29 is 19.1 Å². The lowest BCUT2D eigenvalue weighted by atomic mass is 9.99. The molecule has 1 atom stereocenters. The molecule has 2 aromatic heterocycles. The number of aryl methyl sites for hydroxylation is 1. The number of aromatic nitrogens is 1. The first-order valence-corrected chi connectivity index (χ1v) is 8.87. The minimum atomic E-state index is -0.640. The maximum absolute atomic E-state index is 13.0. The molecule has 2 rings (SSSR count). The second-order valence-corrected chi connectivity index (χ2v) is 6.67. The van der Waals surface area contributed by atoms with Gasteiger partial charge in [0.15, 0.2) is 5.78 Å². The first-order valence-electron chi connectivity index (χ1n) is 7.99. The number of hydrogen-bond acceptors (Lipinski definition) is 5. The third-order valence-electron chi connectivity index (χ3n) is 4.25. The van der Waals surface area contributed by atoms with Gasteiger partial charge in [0, 0.05) is 17.8 Å². The fourth-order valence-corrected chi connectivity index (χ4v) is 3.59. The van der Waals surface area contributed by atoms with Gasteiger partial charge in [-0.3, -0.25) is 9.59 Å². The third kappa shape index (κ3) is 3.51. The van der Waals surface area contributed by atoms with Gasteiger partial charge < -0.3 is 14.6 Å². The number of methoxy groups -OCH3 is 1. The Morgan fingerprint density at radius 1 is 1.32 bits per heavy atom. The molecule has 0 aromatic carbocycles. The normalized spacial score (nSPS) is 11.9. The van der Waals surface area contributed by atoms with Gasteiger partial charge >= 0.3 is 5.97 Å². The maximum Gasteiger partial charge on any atom is 0.354 e. The van der Waals surface area contributed by atoms with Gasteiger partial charge in [-0.15, -0.1) is 11.3 Å². The number of amides is 1. The maximum atomic E-state index is 13.0. The Labute approximate surface area is 150 Å². The summed E-state index contributed by atoms with van der Waals surface area (Å²) in [5.41, 5.74) is 1.84. The van der Waals surface area contributed by atoms with Gasteiger partial charge in [-0.2, -0.15) is 0 Å². The van der Waals surface area contributed by atoms with Crippen molar-refractivity contribution >= 4 is 29.0 Å². The Kier molecular flexibility index (Phi) is 5.79. The molecule has 134 valence electrons. The van der Waals surface area contributed by atoms with E-state index < -0.39 is 12.0 Å². The standard InChI is InChI=1S/C18H22N2O4S/c1-6-20(17(22)13-8-7-9-25-13)12(4)16(21)14-10(2)15(18(23)24-5)19-11(14)3/h7-9,12,19H,6H2,1-5H3/t12-/m0/s1. The van der Waals surface area contributed by atoms with Crippen LogP contribution in [0.4, 0.5) is 0 Å². The molecule has 1 amide bonds. The number of Topliss-reactive ketones (excluding diaryl/α,β-unsaturated/α-hetero) is 1. The minimum absolute atomic E-state index is 0.169. The number of carbonyl (C=O) groups excluding carboxylic acids is 3. The van der Waals surface area contributed by atoms with Crippen LogP contribution >= 0.6 is 11.3 Å². The predicted molar refractivity (Wildman–Crippen MR) is 96.4 cm³/mol. The lowest BCUT2D eigenvalue weighted by molar-refractivity contribution is 0.0593. The fraction of sp³-hybridized carbons (Fsp3) is 0.389. The van der Waals surface area contributed by atoms with E-state index in [1.165, 1.54) is 23.3 Å². The van der Waals surface area contributed by atoms with Crippen LogP contribution in [-0.4, -0.2) is 47.2 Å². The highest BCUT2D eigenvalue weighted by Crippen LogP contribution is 2.23. The van der Waals surface area contributed by atoms with Gasteiger partial charge in [0.25, 0.3) is 5.91 Å². The molecular formula is C18H22N2O4S. The van der Waals surface area contributed by atoms with Crippen molar-refractivity contribution in [1.29, 1.82) is 0 Å². The summed E-state index contributed by atoms with van der Waals surface area (Å²) in [7, 11) is 1.29. The van der Waals surface area contributed by atoms with Crippen LogP contribution in [-0.2, 0) is 4.74 Å². The van der Waals surface area contributed by atoms with Crippen molar-refractivity contribution in [3.8, 4) is 0 Å². The molecule has 0 fully saturated rings. The van der Waals surface area contributed by atoms with E-state index in [0.717, 1.165) is 0 Å². The molecule has 25 heavy (non-hydrogen) atoms. The van der Waals surface area contributed by atoms with E-state index in [0.29, 0.717) is 28.2 Å². The van der Waals surface area contributed by atoms with E-state index in [2.05, 4.69) is 4.98 Å². The molecule has 2 aromatic rings. The number of rotatable bonds is 6. The highest BCUT2D eigenvalue weighted by atomic mass is 32.1. The highest BCUT2D eigenvalue weighted by Gasteiger charge is 2.31. The van der Waals surface area contributed by atoms with Crippen LogP contribution in [0, 0.1) is 13.8 Å². The molecule has 0 saturated heterocycles. The molecule has 0 bridgehead atoms. The van der Waals surface area contributed by atoms with E-state index >= 15 is 0 Å². The SMILES string of the molecule is CCN(C(=O)c1cccs1)[C@@H](C)C(=O)c1c(C)[nH]c(C(=O)OC)c1C. The van der Waals surface area contributed by atoms with Gasteiger partial charge in [0.05, 0.1) is 18.0 Å². The van der Waals surface area contributed by atoms with Gasteiger partial charge in [-0.05, 0) is 44.7 Å². The van der Waals surface area contributed by atoms with Gasteiger partial charge in [0.1, 0.15) is 5.69 Å². The van der Waals surface area contributed by atoms with Gasteiger partial charge in [0.2, 0.25) is 0 Å². The summed E-state index contributed by atoms with van der Waals surface area (Å²) < 4.78 is 4.74. The molecule has 0 aliphatic rings. The van der Waals surface area contributed by atoms with Crippen LogP contribution in [0.5, 0.6) is 0 Å². The van der Waals surface area contributed by atoms with Crippen LogP contribution in [0.1, 0.15) is 55.6 Å². The molecular weight excluding hydrogens is 340 g/mol. The number of nitrogens with zero attached hydrogens (tertiary/aromatic N) is 1. The molecule has 6 nitrogen and oxygen atoms in total. The van der Waals surface area contributed by atoms with Crippen molar-refractivity contribution in [2.75, 3.05) is 13.7 Å². The summed E-state index contributed by atoms with van der Waals surface area (Å²) in [5.74, 6) is -0.889. The van der Waals surface area contributed by atoms with E-state index in [-0.39, 0.29) is 17.4 Å². The molecule has 0 aliphatic heterocycles. The van der Waals surface area contributed by atoms with Crippen LogP contribution in [0.2, 0.25) is 0 Å². The molecule has 0 spiro atoms. The molecule has 0 radical (unpaired) electrons. The Morgan fingerprint density at radius 2 is 2.00 bits per heavy atom. The summed E-state index contributed by atoms with van der Waals surface area (Å²) in [4.78, 5) is 42.5. The highest BCUT2D eigenvalue weighted by molar-refractivity contribution is 7.12. The number of nitrogens with one attached hydrogen (secondary N) is 1. The predicted octanol–water partition coefficient (Wildman–Crippen LogP) is 3.21. The smallest absolute Gasteiger partial charge is 0.354 e. The largest absolute Gasteiger partial charge is 0.464 e. The summed E-state index contributed by atoms with van der Waals surface area (Å²) in [5, 5.41) is 1.83. The number of hydrogen-bond donors (Lipinski definition) is 1. The lowest BCUT2D eigenvalue weighted by Crippen LogP contribution is -2.43. The molecule has 0 saturated carbocycles. The Morgan fingerprint density at radius 3 is 2.52 bits per heavy atom. The number of H-pyrrole nitrogens is 1. The summed E-state index contributed by atoms with van der Waals surface area (Å²) in [6.45, 7) is 7.40. The summed E-state index contributed by atoms with van der Waals surface area (Å²) in [6, 6.07) is 2.91. The fourth-order valence-electron chi connectivity index (χ4n) is 2.91. The Bertz CT molecular complexity index is 792. The monoisotopic (exact) mass is 362 g/mol. The quantitative estimate of drug-likeness (QED) is 0.632. The Hall–Kier alpha value is -2.41. The molecule has 0 aliphatic carbocycles. The number of likely N-dealkylation sites (N-methyl/N-ethyl adjacent to an activating group) is 1. The molecule has 1 N–H and O–H groups in total. The number of ether oxygens (including phenoxy) is 1. The van der Waals surface area contributed by atoms with Gasteiger partial charge in [-0.25, -0.2) is 4.79 Å². The topological polar surface area (TPSA) is 79.5 Å². The van der Waals surface area contributed by atoms with Crippen LogP contribution in [0.15, 0.2) is 17.5 Å². The third-order valence-corrected chi connectivity index (χ3v) is 5.11. The molecule has 2 heterocycles. The zero-order chi connectivity index (χ0) is 18.7. The van der Waals surface area contributed by atoms with Crippen molar-refractivity contribution in [3.63, 3.8) is 0 Å². The van der Waals surface area contributed by atoms with E-state index in [9.17, 15) is 14.4 Å². The first-order chi connectivity index (χ1) is 11.8. The summed E-state index contributed by atoms with van der Waals surface area (Å²) >= 11 is 1.35. The summed E-state index contributed by atoms with van der Waals surface area (Å²) in [6.07, 6.45) is 0. The minimum Gasteiger partial charge on any atom is -0.464 e. The number of ketones is 1. The average Bonchev–Trinajstić information content (AvgIpc) is 3.22. The zero-order valence-corrected chi connectivity index (χ0v) is 15.8. The van der Waals surface area contributed by atoms with Crippen molar-refractivity contribution in [2.24, 2.45) is 0 Å². The second kappa shape index (κ2) is 7.65. The van der Waals surface area contributed by atoms with Crippen molar-refractivity contribution in [1.82, 2.24) is 9.88 Å². The first kappa shape index (κ1) is 18.9. The Balaban J connectivity index is 2.34. The molecule has 0 unspecified atom stereocenters. The van der Waals surface area contributed by atoms with E-state index in [4.69, 9.17) is 4.74 Å². The van der Waals surface area contributed by atoms with E-state index in [1.54, 1.807) is 32.9 Å². The van der Waals surface area contributed by atoms with Crippen molar-refractivity contribution in [3.05, 3.63) is 44.9 Å². The van der Waals surface area contributed by atoms with Gasteiger partial charge in [-0.1, -0.05) is 6.07 Å². The number of thiophene rings is 1. The van der Waals surface area contributed by atoms with Crippen LogP contribution < -0.4 is 0 Å². The van der Waals surface area contributed by atoms with Crippen LogP contribution in [0.25, 0.3) is 0 Å². The zero-order valence-electron chi connectivity index (χ0n) is 15.0. The number of carbonyl (C=O) groups is 3. The second-order valence-electron chi connectivity index (χ2n) is 5.73. The number of esters is 1. The molecule has 7 heteroatoms. The van der Waals surface area contributed by atoms with Crippen molar-refractivity contribution in [2.45, 2.75) is 33.7 Å². The van der Waals surface area contributed by atoms with E-state index in [1.807, 2.05) is 12.3 Å². The van der Waals surface area contributed by atoms with Crippen LogP contribution in [0.3, 0.4) is 0 Å². The lowest BCUT2D eigenvalue weighted by Gasteiger charge is -2.27. The number of aromatic amines is 1.